The molecule has 0 aliphatic heterocycles. The van der Waals surface area contributed by atoms with Crippen molar-refractivity contribution in [2.24, 2.45) is 5.92 Å². The normalized spacial score (nSPS) is 15.5. The molecule has 7 heteroatoms. The van der Waals surface area contributed by atoms with E-state index in [1.807, 2.05) is 47.0 Å². The predicted octanol–water partition coefficient (Wildman–Crippen LogP) is 8.91. The summed E-state index contributed by atoms with van der Waals surface area (Å²) in [6.07, 6.45) is 9.46. The summed E-state index contributed by atoms with van der Waals surface area (Å²) in [5.41, 5.74) is 7.94. The van der Waals surface area contributed by atoms with Crippen LogP contribution in [-0.2, 0) is 19.4 Å². The maximum atomic E-state index is 13.7. The van der Waals surface area contributed by atoms with Gasteiger partial charge in [-0.25, -0.2) is 9.78 Å². The number of carbonyl (C=O) groups excluding carboxylic acids is 1. The van der Waals surface area contributed by atoms with Gasteiger partial charge in [0.05, 0.1) is 17.1 Å². The lowest BCUT2D eigenvalue weighted by Gasteiger charge is -2.23. The lowest BCUT2D eigenvalue weighted by Crippen LogP contribution is -2.29. The molecule has 1 unspecified atom stereocenters. The van der Waals surface area contributed by atoms with Crippen molar-refractivity contribution in [3.05, 3.63) is 117 Å². The first-order chi connectivity index (χ1) is 19.8. The number of halogens is 2. The Hall–Kier alpha value is -3.85. The maximum absolute atomic E-state index is 13.7. The zero-order valence-corrected chi connectivity index (χ0v) is 24.6. The van der Waals surface area contributed by atoms with Crippen molar-refractivity contribution in [3.63, 3.8) is 0 Å². The van der Waals surface area contributed by atoms with Crippen LogP contribution in [0.3, 0.4) is 0 Å². The number of carbonyl (C=O) groups is 1. The third-order valence-corrected chi connectivity index (χ3v) is 8.30. The number of pyridine rings is 1. The van der Waals surface area contributed by atoms with Crippen molar-refractivity contribution in [2.75, 3.05) is 0 Å². The van der Waals surface area contributed by atoms with Crippen LogP contribution in [-0.4, -0.2) is 15.6 Å². The van der Waals surface area contributed by atoms with Crippen LogP contribution < -0.4 is 5.32 Å². The van der Waals surface area contributed by atoms with Crippen molar-refractivity contribution >= 4 is 46.2 Å². The monoisotopic (exact) mass is 582 g/mol. The number of aryl methyl sites for hydroxylation is 1. The smallest absolute Gasteiger partial charge is 0.326 e. The molecule has 208 valence electrons. The highest BCUT2D eigenvalue weighted by molar-refractivity contribution is 6.30. The number of aromatic nitrogens is 2. The zero-order chi connectivity index (χ0) is 28.9. The van der Waals surface area contributed by atoms with Gasteiger partial charge in [-0.15, -0.1) is 0 Å². The summed E-state index contributed by atoms with van der Waals surface area (Å²) in [5.74, 6) is 0.460. The number of hydrogen-bond donors (Lipinski definition) is 1. The van der Waals surface area contributed by atoms with Gasteiger partial charge in [0.15, 0.2) is 0 Å². The summed E-state index contributed by atoms with van der Waals surface area (Å²) in [6, 6.07) is 19.1. The molecule has 2 aromatic carbocycles. The Morgan fingerprint density at radius 3 is 2.68 bits per heavy atom. The molecule has 4 aromatic rings. The van der Waals surface area contributed by atoms with Gasteiger partial charge in [-0.05, 0) is 116 Å². The molecule has 1 amide bonds. The fraction of sp³-hybridized carbons (Fsp3) is 0.265. The van der Waals surface area contributed by atoms with Crippen LogP contribution >= 0.6 is 23.2 Å². The fourth-order valence-corrected chi connectivity index (χ4v) is 6.07. The fourth-order valence-electron chi connectivity index (χ4n) is 5.75. The Bertz CT molecular complexity index is 1680. The second kappa shape index (κ2) is 12.8. The van der Waals surface area contributed by atoms with Gasteiger partial charge in [-0.1, -0.05) is 53.6 Å². The summed E-state index contributed by atoms with van der Waals surface area (Å²) < 4.78 is 1.82. The highest BCUT2D eigenvalue weighted by atomic mass is 35.5. The molecule has 0 radical (unpaired) electrons. The maximum Gasteiger partial charge on any atom is 0.326 e. The van der Waals surface area contributed by atoms with E-state index < -0.39 is 0 Å². The second-order valence-electron chi connectivity index (χ2n) is 10.8. The number of allylic oxidation sites excluding steroid dienone is 2. The lowest BCUT2D eigenvalue weighted by atomic mass is 9.84. The van der Waals surface area contributed by atoms with Gasteiger partial charge in [0.25, 0.3) is 0 Å². The summed E-state index contributed by atoms with van der Waals surface area (Å²) in [4.78, 5) is 17.7. The average molecular weight is 584 g/mol. The molecule has 1 N–H and O–H groups in total. The second-order valence-corrected chi connectivity index (χ2v) is 11.6. The Balaban J connectivity index is 1.43. The molecule has 0 saturated carbocycles. The molecule has 0 fully saturated rings. The molecule has 41 heavy (non-hydrogen) atoms. The van der Waals surface area contributed by atoms with E-state index in [4.69, 9.17) is 23.2 Å². The summed E-state index contributed by atoms with van der Waals surface area (Å²) in [5, 5.41) is 14.7. The summed E-state index contributed by atoms with van der Waals surface area (Å²) in [7, 11) is 0. The SMILES string of the molecule is C=C(C)/C(=C\c1ccc(Cl)cc1)CC1CCCc2c(n(C(=O)NCc3ccnc(Cl)c3)c3ccc(C#N)cc23)CC1. The first kappa shape index (κ1) is 28.7. The molecule has 2 aromatic heterocycles. The summed E-state index contributed by atoms with van der Waals surface area (Å²) >= 11 is 12.1. The van der Waals surface area contributed by atoms with Crippen molar-refractivity contribution < 1.29 is 4.79 Å². The highest BCUT2D eigenvalue weighted by Crippen LogP contribution is 2.35. The Morgan fingerprint density at radius 1 is 1.15 bits per heavy atom. The van der Waals surface area contributed by atoms with E-state index >= 15 is 0 Å². The predicted molar refractivity (Wildman–Crippen MR) is 167 cm³/mol. The van der Waals surface area contributed by atoms with Crippen molar-refractivity contribution in [3.8, 4) is 6.07 Å². The molecule has 2 heterocycles. The van der Waals surface area contributed by atoms with Crippen LogP contribution in [0.15, 0.2) is 78.5 Å². The van der Waals surface area contributed by atoms with Crippen LogP contribution in [0.1, 0.15) is 60.6 Å². The van der Waals surface area contributed by atoms with Gasteiger partial charge in [-0.2, -0.15) is 5.26 Å². The van der Waals surface area contributed by atoms with E-state index in [0.29, 0.717) is 23.2 Å². The molecule has 0 saturated heterocycles. The highest BCUT2D eigenvalue weighted by Gasteiger charge is 2.25. The third-order valence-electron chi connectivity index (χ3n) is 7.84. The van der Waals surface area contributed by atoms with E-state index in [-0.39, 0.29) is 6.03 Å². The molecule has 0 spiro atoms. The Morgan fingerprint density at radius 2 is 1.95 bits per heavy atom. The first-order valence-electron chi connectivity index (χ1n) is 13.9. The minimum Gasteiger partial charge on any atom is -0.333 e. The van der Waals surface area contributed by atoms with Gasteiger partial charge in [-0.3, -0.25) is 4.57 Å². The van der Waals surface area contributed by atoms with Gasteiger partial charge >= 0.3 is 6.03 Å². The largest absolute Gasteiger partial charge is 0.333 e. The average Bonchev–Trinajstić information content (AvgIpc) is 3.25. The Kier molecular flexibility index (Phi) is 8.93. The lowest BCUT2D eigenvalue weighted by molar-refractivity contribution is 0.242. The number of amides is 1. The van der Waals surface area contributed by atoms with E-state index in [1.165, 1.54) is 11.1 Å². The minimum atomic E-state index is -0.184. The van der Waals surface area contributed by atoms with Gasteiger partial charge in [0.1, 0.15) is 5.15 Å². The van der Waals surface area contributed by atoms with Crippen molar-refractivity contribution in [1.82, 2.24) is 14.9 Å². The van der Waals surface area contributed by atoms with Crippen LogP contribution in [0.2, 0.25) is 10.2 Å². The molecule has 0 bridgehead atoms. The summed E-state index contributed by atoms with van der Waals surface area (Å²) in [6.45, 7) is 6.66. The standard InChI is InChI=1S/C34H32Cl2N4O/c1-22(2)27(17-24-6-10-28(35)11-7-24)16-23-4-3-5-29-30-18-25(20-37)9-13-32(30)40(31(29)12-8-23)34(41)39-21-26-14-15-38-33(36)19-26/h6-7,9-11,13-15,17-19,23H,1,3-5,8,12,16,21H2,2H3,(H,39,41)/b27-17-. The number of nitriles is 1. The third kappa shape index (κ3) is 6.73. The van der Waals surface area contributed by atoms with Gasteiger partial charge in [0.2, 0.25) is 0 Å². The molecule has 1 aliphatic rings. The number of nitrogens with zero attached hydrogens (tertiary/aromatic N) is 3. The first-order valence-corrected chi connectivity index (χ1v) is 14.6. The van der Waals surface area contributed by atoms with Crippen LogP contribution in [0, 0.1) is 17.2 Å². The van der Waals surface area contributed by atoms with Crippen molar-refractivity contribution in [2.45, 2.75) is 52.0 Å². The Labute approximate surface area is 251 Å². The van der Waals surface area contributed by atoms with E-state index in [0.717, 1.165) is 76.8 Å². The number of benzene rings is 2. The molecule has 1 aliphatic carbocycles. The van der Waals surface area contributed by atoms with E-state index in [9.17, 15) is 10.1 Å². The van der Waals surface area contributed by atoms with Crippen LogP contribution in [0.5, 0.6) is 0 Å². The van der Waals surface area contributed by atoms with E-state index in [1.54, 1.807) is 18.3 Å². The molecule has 5 rings (SSSR count). The van der Waals surface area contributed by atoms with Crippen LogP contribution in [0.4, 0.5) is 4.79 Å². The molecule has 1 atom stereocenters. The zero-order valence-electron chi connectivity index (χ0n) is 23.1. The quantitative estimate of drug-likeness (QED) is 0.182. The van der Waals surface area contributed by atoms with Crippen LogP contribution in [0.25, 0.3) is 17.0 Å². The number of hydrogen-bond acceptors (Lipinski definition) is 3. The topological polar surface area (TPSA) is 70.7 Å². The number of nitrogens with one attached hydrogen (secondary N) is 1. The number of fused-ring (bicyclic) bond motifs is 3. The van der Waals surface area contributed by atoms with Gasteiger partial charge < -0.3 is 5.32 Å². The number of rotatable bonds is 6. The minimum absolute atomic E-state index is 0.184. The molecule has 5 nitrogen and oxygen atoms in total. The van der Waals surface area contributed by atoms with Gasteiger partial charge in [0, 0.05) is 28.8 Å². The molecular weight excluding hydrogens is 551 g/mol. The van der Waals surface area contributed by atoms with E-state index in [2.05, 4.69) is 35.9 Å². The molecular formula is C34H32Cl2N4O. The van der Waals surface area contributed by atoms with Crippen molar-refractivity contribution in [1.29, 1.82) is 5.26 Å².